The first kappa shape index (κ1) is 29.6. The molecule has 0 saturated carbocycles. The highest BCUT2D eigenvalue weighted by Gasteiger charge is 2.44. The Bertz CT molecular complexity index is 1560. The Balaban J connectivity index is 1.10. The molecule has 220 valence electrons. The van der Waals surface area contributed by atoms with Crippen molar-refractivity contribution in [1.82, 2.24) is 14.6 Å². The summed E-state index contributed by atoms with van der Waals surface area (Å²) in [5.74, 6) is 0.376. The van der Waals surface area contributed by atoms with Gasteiger partial charge in [0.05, 0.1) is 22.0 Å². The fraction of sp³-hybridized carbons (Fsp3) is 0.414. The quantitative estimate of drug-likeness (QED) is 0.359. The molecular formula is C29H35N3O7S2. The zero-order valence-electron chi connectivity index (χ0n) is 22.8. The van der Waals surface area contributed by atoms with Crippen LogP contribution in [0.2, 0.25) is 0 Å². The van der Waals surface area contributed by atoms with Crippen molar-refractivity contribution in [3.8, 4) is 16.9 Å². The van der Waals surface area contributed by atoms with Crippen molar-refractivity contribution in [2.24, 2.45) is 0 Å². The number of sulfonamides is 1. The molecule has 2 aliphatic rings. The van der Waals surface area contributed by atoms with E-state index in [0.717, 1.165) is 23.8 Å². The SMILES string of the molecule is CS(=O)(=O)c1cccc(OC[C@@H](O)CNC2COC3(CCN(S(=O)(=O)c4cccc(-c5cccnc5)c4)CC3)C2)c1. The lowest BCUT2D eigenvalue weighted by atomic mass is 9.88. The molecular weight excluding hydrogens is 566 g/mol. The molecule has 12 heteroatoms. The van der Waals surface area contributed by atoms with E-state index in [1.54, 1.807) is 42.7 Å². The highest BCUT2D eigenvalue weighted by molar-refractivity contribution is 7.90. The number of aliphatic hydroxyl groups is 1. The van der Waals surface area contributed by atoms with E-state index in [-0.39, 0.29) is 29.0 Å². The number of aliphatic hydroxyl groups excluding tert-OH is 1. The molecule has 2 atom stereocenters. The Hall–Kier alpha value is -2.87. The predicted octanol–water partition coefficient (Wildman–Crippen LogP) is 2.49. The van der Waals surface area contributed by atoms with Gasteiger partial charge in [0.25, 0.3) is 0 Å². The molecule has 10 nitrogen and oxygen atoms in total. The maximum atomic E-state index is 13.4. The van der Waals surface area contributed by atoms with Crippen LogP contribution in [0, 0.1) is 0 Å². The van der Waals surface area contributed by atoms with Crippen molar-refractivity contribution in [2.45, 2.75) is 46.8 Å². The van der Waals surface area contributed by atoms with Crippen LogP contribution in [0.15, 0.2) is 82.8 Å². The summed E-state index contributed by atoms with van der Waals surface area (Å²) in [4.78, 5) is 4.55. The van der Waals surface area contributed by atoms with Crippen molar-refractivity contribution in [1.29, 1.82) is 0 Å². The fourth-order valence-electron chi connectivity index (χ4n) is 5.33. The minimum Gasteiger partial charge on any atom is -0.491 e. The molecule has 3 aromatic rings. The fourth-order valence-corrected chi connectivity index (χ4v) is 7.47. The molecule has 0 radical (unpaired) electrons. The number of nitrogens with zero attached hydrogens (tertiary/aromatic N) is 2. The molecule has 1 unspecified atom stereocenters. The summed E-state index contributed by atoms with van der Waals surface area (Å²) in [6.45, 7) is 1.51. The monoisotopic (exact) mass is 601 g/mol. The maximum absolute atomic E-state index is 13.4. The first-order valence-electron chi connectivity index (χ1n) is 13.5. The van der Waals surface area contributed by atoms with Crippen LogP contribution in [-0.2, 0) is 24.6 Å². The molecule has 5 rings (SSSR count). The topological polar surface area (TPSA) is 135 Å². The number of sulfone groups is 1. The number of hydrogen-bond acceptors (Lipinski definition) is 9. The number of pyridine rings is 1. The Labute approximate surface area is 241 Å². The predicted molar refractivity (Wildman–Crippen MR) is 154 cm³/mol. The number of nitrogens with one attached hydrogen (secondary N) is 1. The van der Waals surface area contributed by atoms with Crippen molar-refractivity contribution < 1.29 is 31.4 Å². The van der Waals surface area contributed by atoms with Gasteiger partial charge in [0.2, 0.25) is 10.0 Å². The van der Waals surface area contributed by atoms with Gasteiger partial charge >= 0.3 is 0 Å². The number of piperidine rings is 1. The highest BCUT2D eigenvalue weighted by Crippen LogP contribution is 2.37. The van der Waals surface area contributed by atoms with Gasteiger partial charge in [-0.15, -0.1) is 0 Å². The van der Waals surface area contributed by atoms with Gasteiger partial charge in [0, 0.05) is 49.9 Å². The van der Waals surface area contributed by atoms with Crippen molar-refractivity contribution in [3.05, 3.63) is 73.1 Å². The van der Waals surface area contributed by atoms with E-state index in [4.69, 9.17) is 9.47 Å². The lowest BCUT2D eigenvalue weighted by molar-refractivity contribution is -0.0312. The van der Waals surface area contributed by atoms with Crippen LogP contribution >= 0.6 is 0 Å². The van der Waals surface area contributed by atoms with Gasteiger partial charge in [-0.1, -0.05) is 24.3 Å². The van der Waals surface area contributed by atoms with E-state index in [2.05, 4.69) is 10.3 Å². The summed E-state index contributed by atoms with van der Waals surface area (Å²) in [5, 5.41) is 13.7. The van der Waals surface area contributed by atoms with E-state index in [1.165, 1.54) is 16.4 Å². The average molecular weight is 602 g/mol. The van der Waals surface area contributed by atoms with E-state index >= 15 is 0 Å². The molecule has 0 amide bonds. The van der Waals surface area contributed by atoms with Crippen LogP contribution in [0.1, 0.15) is 19.3 Å². The third kappa shape index (κ3) is 7.14. The number of aromatic nitrogens is 1. The molecule has 1 spiro atoms. The lowest BCUT2D eigenvalue weighted by Crippen LogP contribution is -2.47. The van der Waals surface area contributed by atoms with Gasteiger partial charge in [0.1, 0.15) is 18.5 Å². The summed E-state index contributed by atoms with van der Waals surface area (Å²) in [6.07, 6.45) is 5.63. The molecule has 2 N–H and O–H groups in total. The Morgan fingerprint density at radius 2 is 1.78 bits per heavy atom. The first-order chi connectivity index (χ1) is 19.5. The summed E-state index contributed by atoms with van der Waals surface area (Å²) in [7, 11) is -7.00. The molecule has 2 aliphatic heterocycles. The van der Waals surface area contributed by atoms with Crippen molar-refractivity contribution >= 4 is 19.9 Å². The summed E-state index contributed by atoms with van der Waals surface area (Å²) < 4.78 is 63.6. The second-order valence-electron chi connectivity index (χ2n) is 10.7. The lowest BCUT2D eigenvalue weighted by Gasteiger charge is -2.38. The van der Waals surface area contributed by atoms with E-state index in [0.29, 0.717) is 38.3 Å². The zero-order valence-corrected chi connectivity index (χ0v) is 24.5. The van der Waals surface area contributed by atoms with Crippen molar-refractivity contribution in [2.75, 3.05) is 39.1 Å². The van der Waals surface area contributed by atoms with Crippen LogP contribution in [-0.4, -0.2) is 88.1 Å². The molecule has 41 heavy (non-hydrogen) atoms. The molecule has 0 bridgehead atoms. The second-order valence-corrected chi connectivity index (χ2v) is 14.6. The number of hydrogen-bond donors (Lipinski definition) is 2. The van der Waals surface area contributed by atoms with Gasteiger partial charge in [-0.2, -0.15) is 4.31 Å². The highest BCUT2D eigenvalue weighted by atomic mass is 32.2. The zero-order chi connectivity index (χ0) is 29.1. The summed E-state index contributed by atoms with van der Waals surface area (Å²) >= 11 is 0. The van der Waals surface area contributed by atoms with Crippen LogP contribution in [0.4, 0.5) is 0 Å². The number of benzene rings is 2. The van der Waals surface area contributed by atoms with Gasteiger partial charge in [0.15, 0.2) is 9.84 Å². The molecule has 1 aromatic heterocycles. The van der Waals surface area contributed by atoms with E-state index in [1.807, 2.05) is 18.2 Å². The standard InChI is InChI=1S/C29H35N3O7S2/c1-40(34,35)27-8-3-7-26(16-27)38-21-25(33)19-31-24-17-29(39-20-24)10-13-32(14-11-29)41(36,37)28-9-2-5-22(15-28)23-6-4-12-30-18-23/h2-9,12,15-16,18,24-25,31,33H,10-11,13-14,17,19-21H2,1H3/t24?,25-/m0/s1. The molecule has 0 aliphatic carbocycles. The summed E-state index contributed by atoms with van der Waals surface area (Å²) in [5.41, 5.74) is 1.27. The number of rotatable bonds is 10. The molecule has 2 saturated heterocycles. The van der Waals surface area contributed by atoms with Crippen LogP contribution < -0.4 is 10.1 Å². The van der Waals surface area contributed by atoms with Gasteiger partial charge in [-0.3, -0.25) is 4.98 Å². The van der Waals surface area contributed by atoms with Crippen molar-refractivity contribution in [3.63, 3.8) is 0 Å². The van der Waals surface area contributed by atoms with Gasteiger partial charge in [-0.25, -0.2) is 16.8 Å². The van der Waals surface area contributed by atoms with Gasteiger partial charge in [-0.05, 0) is 61.2 Å². The average Bonchev–Trinajstić information content (AvgIpc) is 3.37. The second kappa shape index (κ2) is 12.2. The van der Waals surface area contributed by atoms with E-state index < -0.39 is 31.6 Å². The third-order valence-corrected chi connectivity index (χ3v) is 10.6. The Kier molecular flexibility index (Phi) is 8.78. The smallest absolute Gasteiger partial charge is 0.243 e. The maximum Gasteiger partial charge on any atom is 0.243 e. The minimum absolute atomic E-state index is 0.00768. The largest absolute Gasteiger partial charge is 0.491 e. The molecule has 2 aromatic carbocycles. The van der Waals surface area contributed by atoms with Crippen LogP contribution in [0.5, 0.6) is 5.75 Å². The normalized spacial score (nSPS) is 20.2. The van der Waals surface area contributed by atoms with E-state index in [9.17, 15) is 21.9 Å². The molecule has 2 fully saturated rings. The molecule has 3 heterocycles. The third-order valence-electron chi connectivity index (χ3n) is 7.63. The Morgan fingerprint density at radius 3 is 2.51 bits per heavy atom. The van der Waals surface area contributed by atoms with Crippen LogP contribution in [0.3, 0.4) is 0 Å². The first-order valence-corrected chi connectivity index (χ1v) is 16.9. The van der Waals surface area contributed by atoms with Gasteiger partial charge < -0.3 is 19.9 Å². The van der Waals surface area contributed by atoms with Crippen LogP contribution in [0.25, 0.3) is 11.1 Å². The minimum atomic E-state index is -3.65. The number of ether oxygens (including phenoxy) is 2. The Morgan fingerprint density at radius 1 is 1.05 bits per heavy atom. The summed E-state index contributed by atoms with van der Waals surface area (Å²) in [6, 6.07) is 16.9.